The highest BCUT2D eigenvalue weighted by atomic mass is 32.2. The van der Waals surface area contributed by atoms with Gasteiger partial charge in [0.05, 0.1) is 18.6 Å². The summed E-state index contributed by atoms with van der Waals surface area (Å²) in [5.41, 5.74) is 0.763. The number of carbonyl (C=O) groups excluding carboxylic acids is 5. The van der Waals surface area contributed by atoms with E-state index in [1.54, 1.807) is 48.5 Å². The smallest absolute Gasteiger partial charge is 0.408 e. The van der Waals surface area contributed by atoms with Gasteiger partial charge in [-0.05, 0) is 63.4 Å². The topological polar surface area (TPSA) is 195 Å². The molecule has 14 heteroatoms. The van der Waals surface area contributed by atoms with Gasteiger partial charge in [-0.1, -0.05) is 41.5 Å². The first kappa shape index (κ1) is 39.4. The van der Waals surface area contributed by atoms with Gasteiger partial charge in [0.15, 0.2) is 0 Å². The third kappa shape index (κ3) is 15.6. The van der Waals surface area contributed by atoms with Crippen molar-refractivity contribution >= 4 is 41.5 Å². The Balaban J connectivity index is 5.72. The summed E-state index contributed by atoms with van der Waals surface area (Å²) in [6, 6.07) is -3.78. The van der Waals surface area contributed by atoms with E-state index in [0.29, 0.717) is 12.2 Å². The summed E-state index contributed by atoms with van der Waals surface area (Å²) >= 11 is 1.49. The first-order chi connectivity index (χ1) is 19.3. The van der Waals surface area contributed by atoms with Crippen molar-refractivity contribution in [2.75, 3.05) is 12.0 Å². The van der Waals surface area contributed by atoms with Crippen LogP contribution in [0.3, 0.4) is 0 Å². The molecule has 0 radical (unpaired) electrons. The Kier molecular flexibility index (Phi) is 17.7. The molecule has 0 aliphatic heterocycles. The number of alkyl carbamates (subject to hydrolysis) is 1. The zero-order chi connectivity index (χ0) is 32.8. The Morgan fingerprint density at radius 1 is 0.810 bits per heavy atom. The van der Waals surface area contributed by atoms with Crippen LogP contribution in [0.5, 0.6) is 0 Å². The molecule has 42 heavy (non-hydrogen) atoms. The number of amides is 5. The zero-order valence-electron chi connectivity index (χ0n) is 26.7. The second-order valence-corrected chi connectivity index (χ2v) is 13.5. The SMILES string of the molecule is CSCC[C@H](NC(=O)[C@@H](NC(=O)OC(C)(C)C)C(C)C)C(=O)NC(CC(C)C)[C@@H](O)CC(=O)N[C@@H](C(=O)NO)C(C)C. The quantitative estimate of drug-likeness (QED) is 0.0937. The van der Waals surface area contributed by atoms with Gasteiger partial charge in [0.2, 0.25) is 17.7 Å². The maximum absolute atomic E-state index is 13.4. The molecule has 0 heterocycles. The molecule has 5 amide bonds. The summed E-state index contributed by atoms with van der Waals surface area (Å²) < 4.78 is 5.28. The van der Waals surface area contributed by atoms with Crippen molar-refractivity contribution in [2.24, 2.45) is 17.8 Å². The van der Waals surface area contributed by atoms with E-state index >= 15 is 0 Å². The lowest BCUT2D eigenvalue weighted by Gasteiger charge is -2.30. The van der Waals surface area contributed by atoms with E-state index in [1.165, 1.54) is 17.2 Å². The molecule has 0 saturated heterocycles. The Labute approximate surface area is 254 Å². The Bertz CT molecular complexity index is 894. The third-order valence-electron chi connectivity index (χ3n) is 6.15. The molecule has 5 atom stereocenters. The van der Waals surface area contributed by atoms with Gasteiger partial charge in [-0.2, -0.15) is 11.8 Å². The fourth-order valence-corrected chi connectivity index (χ4v) is 4.48. The number of hydrogen-bond donors (Lipinski definition) is 7. The Hall–Kier alpha value is -2.58. The molecule has 0 aromatic carbocycles. The highest BCUT2D eigenvalue weighted by molar-refractivity contribution is 7.98. The molecular formula is C28H53N5O8S. The second-order valence-electron chi connectivity index (χ2n) is 12.5. The lowest BCUT2D eigenvalue weighted by Crippen LogP contribution is -2.58. The van der Waals surface area contributed by atoms with Crippen molar-refractivity contribution in [3.63, 3.8) is 0 Å². The molecule has 244 valence electrons. The van der Waals surface area contributed by atoms with Gasteiger partial charge in [0.25, 0.3) is 5.91 Å². The van der Waals surface area contributed by atoms with Gasteiger partial charge < -0.3 is 31.1 Å². The van der Waals surface area contributed by atoms with E-state index in [-0.39, 0.29) is 24.2 Å². The summed E-state index contributed by atoms with van der Waals surface area (Å²) in [6.45, 7) is 15.8. The molecular weight excluding hydrogens is 566 g/mol. The van der Waals surface area contributed by atoms with Crippen LogP contribution in [-0.4, -0.2) is 87.9 Å². The van der Waals surface area contributed by atoms with Crippen LogP contribution in [0, 0.1) is 17.8 Å². The van der Waals surface area contributed by atoms with Gasteiger partial charge in [0, 0.05) is 0 Å². The van der Waals surface area contributed by atoms with Crippen molar-refractivity contribution in [2.45, 2.75) is 117 Å². The minimum atomic E-state index is -1.30. The molecule has 1 unspecified atom stereocenters. The second kappa shape index (κ2) is 18.9. The molecule has 0 aromatic heterocycles. The van der Waals surface area contributed by atoms with E-state index in [2.05, 4.69) is 21.3 Å². The summed E-state index contributed by atoms with van der Waals surface area (Å²) in [6.07, 6.45) is 0.0300. The highest BCUT2D eigenvalue weighted by Gasteiger charge is 2.33. The Morgan fingerprint density at radius 3 is 1.81 bits per heavy atom. The molecule has 13 nitrogen and oxygen atoms in total. The van der Waals surface area contributed by atoms with Crippen LogP contribution in [-0.2, 0) is 23.9 Å². The average molecular weight is 620 g/mol. The fraction of sp³-hybridized carbons (Fsp3) is 0.821. The van der Waals surface area contributed by atoms with Crippen LogP contribution in [0.1, 0.15) is 81.6 Å². The van der Waals surface area contributed by atoms with Gasteiger partial charge >= 0.3 is 6.09 Å². The lowest BCUT2D eigenvalue weighted by molar-refractivity contribution is -0.136. The number of ether oxygens (including phenoxy) is 1. The molecule has 0 bridgehead atoms. The first-order valence-electron chi connectivity index (χ1n) is 14.3. The van der Waals surface area contributed by atoms with E-state index < -0.39 is 72.0 Å². The van der Waals surface area contributed by atoms with E-state index in [9.17, 15) is 29.1 Å². The zero-order valence-corrected chi connectivity index (χ0v) is 27.5. The molecule has 0 spiro atoms. The Morgan fingerprint density at radius 2 is 1.36 bits per heavy atom. The monoisotopic (exact) mass is 619 g/mol. The van der Waals surface area contributed by atoms with Crippen molar-refractivity contribution in [3.8, 4) is 0 Å². The van der Waals surface area contributed by atoms with E-state index in [1.807, 2.05) is 20.1 Å². The molecule has 0 saturated carbocycles. The summed E-state index contributed by atoms with van der Waals surface area (Å²) in [7, 11) is 0. The van der Waals surface area contributed by atoms with Crippen molar-refractivity contribution in [1.29, 1.82) is 0 Å². The van der Waals surface area contributed by atoms with E-state index in [0.717, 1.165) is 0 Å². The summed E-state index contributed by atoms with van der Waals surface area (Å²) in [4.78, 5) is 63.5. The van der Waals surface area contributed by atoms with Gasteiger partial charge in [-0.15, -0.1) is 0 Å². The van der Waals surface area contributed by atoms with Crippen LogP contribution in [0.2, 0.25) is 0 Å². The van der Waals surface area contributed by atoms with Crippen molar-refractivity contribution in [1.82, 2.24) is 26.7 Å². The van der Waals surface area contributed by atoms with Gasteiger partial charge in [-0.3, -0.25) is 24.4 Å². The number of hydrogen-bond acceptors (Lipinski definition) is 9. The van der Waals surface area contributed by atoms with Crippen molar-refractivity contribution < 1.29 is 39.0 Å². The van der Waals surface area contributed by atoms with Crippen LogP contribution >= 0.6 is 11.8 Å². The summed E-state index contributed by atoms with van der Waals surface area (Å²) in [5, 5.41) is 30.5. The molecule has 0 rings (SSSR count). The molecule has 0 fully saturated rings. The van der Waals surface area contributed by atoms with E-state index in [4.69, 9.17) is 9.94 Å². The lowest BCUT2D eigenvalue weighted by atomic mass is 9.96. The average Bonchev–Trinajstić information content (AvgIpc) is 2.85. The standard InChI is InChI=1S/C28H53N5O8S/c1-15(2)13-19(20(34)14-21(35)31-23(17(5)6)26(38)33-40)30-24(36)18(11-12-42-10)29-25(37)22(16(3)4)32-27(39)41-28(7,8)9/h15-20,22-23,34,40H,11-14H2,1-10H3,(H,29,37)(H,30,36)(H,31,35)(H,32,39)(H,33,38)/t18-,19?,20-,22-,23+/m0/s1. The number of rotatable bonds is 17. The van der Waals surface area contributed by atoms with Crippen LogP contribution in [0.25, 0.3) is 0 Å². The molecule has 0 aromatic rings. The third-order valence-corrected chi connectivity index (χ3v) is 6.80. The van der Waals surface area contributed by atoms with Crippen LogP contribution in [0.4, 0.5) is 4.79 Å². The highest BCUT2D eigenvalue weighted by Crippen LogP contribution is 2.14. The number of nitrogens with one attached hydrogen (secondary N) is 5. The van der Waals surface area contributed by atoms with Gasteiger partial charge in [0.1, 0.15) is 23.7 Å². The maximum atomic E-state index is 13.4. The first-order valence-corrected chi connectivity index (χ1v) is 15.7. The largest absolute Gasteiger partial charge is 0.444 e. The number of aliphatic hydroxyl groups is 1. The normalized spacial score (nSPS) is 15.3. The summed E-state index contributed by atoms with van der Waals surface area (Å²) in [5.74, 6) is -2.56. The number of carbonyl (C=O) groups is 5. The minimum Gasteiger partial charge on any atom is -0.444 e. The minimum absolute atomic E-state index is 0.0409. The van der Waals surface area contributed by atoms with Crippen molar-refractivity contribution in [3.05, 3.63) is 0 Å². The fourth-order valence-electron chi connectivity index (χ4n) is 4.01. The predicted octanol–water partition coefficient (Wildman–Crippen LogP) is 1.70. The molecule has 0 aliphatic carbocycles. The number of aliphatic hydroxyl groups excluding tert-OH is 1. The molecule has 0 aliphatic rings. The number of hydroxylamine groups is 1. The van der Waals surface area contributed by atoms with Crippen LogP contribution < -0.4 is 26.7 Å². The predicted molar refractivity (Wildman–Crippen MR) is 162 cm³/mol. The maximum Gasteiger partial charge on any atom is 0.408 e. The van der Waals surface area contributed by atoms with Crippen LogP contribution in [0.15, 0.2) is 0 Å². The molecule has 7 N–H and O–H groups in total. The van der Waals surface area contributed by atoms with Gasteiger partial charge in [-0.25, -0.2) is 10.3 Å². The number of thioether (sulfide) groups is 1.